The van der Waals surface area contributed by atoms with Crippen LogP contribution in [0.3, 0.4) is 0 Å². The van der Waals surface area contributed by atoms with Crippen LogP contribution in [0.1, 0.15) is 21.5 Å². The van der Waals surface area contributed by atoms with Gasteiger partial charge in [-0.25, -0.2) is 13.1 Å². The third kappa shape index (κ3) is 5.18. The minimum atomic E-state index is -3.94. The minimum absolute atomic E-state index is 0.0717. The number of sulfonamides is 1. The third-order valence-electron chi connectivity index (χ3n) is 4.49. The maximum Gasteiger partial charge on any atom is 0.255 e. The lowest BCUT2D eigenvalue weighted by molar-refractivity contribution is 0.102. The van der Waals surface area contributed by atoms with Gasteiger partial charge in [0.25, 0.3) is 5.91 Å². The van der Waals surface area contributed by atoms with E-state index in [1.807, 2.05) is 25.1 Å². The van der Waals surface area contributed by atoms with Gasteiger partial charge in [0, 0.05) is 22.8 Å². The Hall–Kier alpha value is -2.87. The molecule has 156 valence electrons. The zero-order chi connectivity index (χ0) is 21.7. The van der Waals surface area contributed by atoms with Crippen molar-refractivity contribution in [2.24, 2.45) is 0 Å². The summed E-state index contributed by atoms with van der Waals surface area (Å²) < 4.78 is 33.5. The molecule has 0 radical (unpaired) electrons. The molecule has 0 aliphatic heterocycles. The number of amides is 1. The first-order valence-electron chi connectivity index (χ1n) is 9.09. The van der Waals surface area contributed by atoms with Crippen LogP contribution < -0.4 is 14.8 Å². The second-order valence-electron chi connectivity index (χ2n) is 6.59. The first kappa shape index (κ1) is 21.8. The summed E-state index contributed by atoms with van der Waals surface area (Å²) in [6.07, 6.45) is 0. The molecule has 2 N–H and O–H groups in total. The fraction of sp³-hybridized carbons (Fsp3) is 0.136. The second-order valence-corrected chi connectivity index (χ2v) is 8.76. The summed E-state index contributed by atoms with van der Waals surface area (Å²) in [4.78, 5) is 12.6. The van der Waals surface area contributed by atoms with E-state index in [4.69, 9.17) is 16.3 Å². The van der Waals surface area contributed by atoms with E-state index in [2.05, 4.69) is 10.0 Å². The van der Waals surface area contributed by atoms with Crippen molar-refractivity contribution in [3.63, 3.8) is 0 Å². The Morgan fingerprint density at radius 3 is 2.40 bits per heavy atom. The fourth-order valence-corrected chi connectivity index (χ4v) is 4.13. The molecule has 0 saturated carbocycles. The first-order chi connectivity index (χ1) is 14.3. The lowest BCUT2D eigenvalue weighted by atomic mass is 10.1. The topological polar surface area (TPSA) is 84.5 Å². The number of nitrogens with one attached hydrogen (secondary N) is 2. The number of methoxy groups -OCH3 is 1. The summed E-state index contributed by atoms with van der Waals surface area (Å²) in [5.74, 6) is -0.271. The monoisotopic (exact) mass is 444 g/mol. The largest absolute Gasteiger partial charge is 0.495 e. The van der Waals surface area contributed by atoms with Crippen molar-refractivity contribution >= 4 is 33.2 Å². The van der Waals surface area contributed by atoms with Crippen LogP contribution in [-0.4, -0.2) is 21.4 Å². The van der Waals surface area contributed by atoms with Crippen LogP contribution in [0.5, 0.6) is 5.75 Å². The molecule has 0 aliphatic rings. The van der Waals surface area contributed by atoms with Gasteiger partial charge in [0.2, 0.25) is 10.0 Å². The van der Waals surface area contributed by atoms with Crippen molar-refractivity contribution in [2.45, 2.75) is 18.4 Å². The van der Waals surface area contributed by atoms with Gasteiger partial charge in [-0.05, 0) is 54.4 Å². The van der Waals surface area contributed by atoms with Crippen LogP contribution in [0.2, 0.25) is 5.02 Å². The van der Waals surface area contributed by atoms with Gasteiger partial charge in [0.05, 0.1) is 7.11 Å². The number of hydrogen-bond acceptors (Lipinski definition) is 4. The van der Waals surface area contributed by atoms with Crippen molar-refractivity contribution in [1.82, 2.24) is 4.72 Å². The maximum absolute atomic E-state index is 12.9. The van der Waals surface area contributed by atoms with Gasteiger partial charge in [-0.1, -0.05) is 41.9 Å². The summed E-state index contributed by atoms with van der Waals surface area (Å²) in [5, 5.41) is 3.36. The van der Waals surface area contributed by atoms with E-state index in [9.17, 15) is 13.2 Å². The van der Waals surface area contributed by atoms with Gasteiger partial charge in [-0.15, -0.1) is 0 Å². The summed E-state index contributed by atoms with van der Waals surface area (Å²) in [6, 6.07) is 18.4. The van der Waals surface area contributed by atoms with Crippen LogP contribution in [0.15, 0.2) is 71.6 Å². The minimum Gasteiger partial charge on any atom is -0.495 e. The number of aryl methyl sites for hydroxylation is 1. The standard InChI is InChI=1S/C22H21ClN2O4S/c1-15-5-3-4-6-19(15)25-22(26)17-9-12-20(29-2)21(13-17)30(27,28)24-14-16-7-10-18(23)11-8-16/h3-13,24H,14H2,1-2H3,(H,25,26). The molecule has 6 nitrogen and oxygen atoms in total. The number of ether oxygens (including phenoxy) is 1. The molecular formula is C22H21ClN2O4S. The summed E-state index contributed by atoms with van der Waals surface area (Å²) in [6.45, 7) is 1.95. The molecular weight excluding hydrogens is 424 g/mol. The highest BCUT2D eigenvalue weighted by Gasteiger charge is 2.22. The molecule has 0 aromatic heterocycles. The Labute approximate surface area is 180 Å². The van der Waals surface area contributed by atoms with Gasteiger partial charge < -0.3 is 10.1 Å². The lowest BCUT2D eigenvalue weighted by Crippen LogP contribution is -2.24. The molecule has 8 heteroatoms. The van der Waals surface area contributed by atoms with Crippen LogP contribution in [0.25, 0.3) is 0 Å². The molecule has 0 saturated heterocycles. The van der Waals surface area contributed by atoms with Crippen LogP contribution in [0.4, 0.5) is 5.69 Å². The molecule has 0 aliphatic carbocycles. The molecule has 30 heavy (non-hydrogen) atoms. The smallest absolute Gasteiger partial charge is 0.255 e. The zero-order valence-electron chi connectivity index (χ0n) is 16.5. The Morgan fingerprint density at radius 2 is 1.73 bits per heavy atom. The molecule has 3 aromatic rings. The predicted molar refractivity (Wildman–Crippen MR) is 118 cm³/mol. The molecule has 3 rings (SSSR count). The van der Waals surface area contributed by atoms with E-state index in [-0.39, 0.29) is 22.8 Å². The Balaban J connectivity index is 1.85. The first-order valence-corrected chi connectivity index (χ1v) is 11.0. The van der Waals surface area contributed by atoms with Gasteiger partial charge >= 0.3 is 0 Å². The molecule has 0 fully saturated rings. The molecule has 0 bridgehead atoms. The predicted octanol–water partition coefficient (Wildman–Crippen LogP) is 4.39. The quantitative estimate of drug-likeness (QED) is 0.566. The van der Waals surface area contributed by atoms with Crippen LogP contribution in [0, 0.1) is 6.92 Å². The van der Waals surface area contributed by atoms with E-state index in [1.54, 1.807) is 30.3 Å². The number of hydrogen-bond donors (Lipinski definition) is 2. The number of para-hydroxylation sites is 1. The Bertz CT molecular complexity index is 1160. The van der Waals surface area contributed by atoms with E-state index in [1.165, 1.54) is 25.3 Å². The van der Waals surface area contributed by atoms with Crippen molar-refractivity contribution in [3.8, 4) is 5.75 Å². The number of halogens is 1. The number of benzene rings is 3. The zero-order valence-corrected chi connectivity index (χ0v) is 18.0. The van der Waals surface area contributed by atoms with E-state index in [0.717, 1.165) is 11.1 Å². The molecule has 0 unspecified atom stereocenters. The highest BCUT2D eigenvalue weighted by Crippen LogP contribution is 2.26. The summed E-state index contributed by atoms with van der Waals surface area (Å²) in [7, 11) is -2.56. The molecule has 0 atom stereocenters. The van der Waals surface area contributed by atoms with Crippen molar-refractivity contribution in [1.29, 1.82) is 0 Å². The molecule has 1 amide bonds. The van der Waals surface area contributed by atoms with E-state index >= 15 is 0 Å². The average Bonchev–Trinajstić information content (AvgIpc) is 2.74. The average molecular weight is 445 g/mol. The second kappa shape index (κ2) is 9.30. The SMILES string of the molecule is COc1ccc(C(=O)Nc2ccccc2C)cc1S(=O)(=O)NCc1ccc(Cl)cc1. The summed E-state index contributed by atoms with van der Waals surface area (Å²) in [5.41, 5.74) is 2.50. The normalized spacial score (nSPS) is 11.2. The van der Waals surface area contributed by atoms with Gasteiger partial charge in [-0.3, -0.25) is 4.79 Å². The van der Waals surface area contributed by atoms with E-state index in [0.29, 0.717) is 10.7 Å². The van der Waals surface area contributed by atoms with Gasteiger partial charge in [-0.2, -0.15) is 0 Å². The number of rotatable bonds is 7. The maximum atomic E-state index is 12.9. The molecule has 0 spiro atoms. The Morgan fingerprint density at radius 1 is 1.03 bits per heavy atom. The number of anilines is 1. The van der Waals surface area contributed by atoms with Gasteiger partial charge in [0.1, 0.15) is 10.6 Å². The molecule has 0 heterocycles. The van der Waals surface area contributed by atoms with Crippen LogP contribution in [-0.2, 0) is 16.6 Å². The van der Waals surface area contributed by atoms with Crippen molar-refractivity contribution < 1.29 is 17.9 Å². The lowest BCUT2D eigenvalue weighted by Gasteiger charge is -2.13. The highest BCUT2D eigenvalue weighted by atomic mass is 35.5. The van der Waals surface area contributed by atoms with Crippen LogP contribution >= 0.6 is 11.6 Å². The van der Waals surface area contributed by atoms with Gasteiger partial charge in [0.15, 0.2) is 0 Å². The highest BCUT2D eigenvalue weighted by molar-refractivity contribution is 7.89. The number of carbonyl (C=O) groups is 1. The summed E-state index contributed by atoms with van der Waals surface area (Å²) >= 11 is 5.86. The third-order valence-corrected chi connectivity index (χ3v) is 6.16. The fourth-order valence-electron chi connectivity index (χ4n) is 2.79. The van der Waals surface area contributed by atoms with Crippen molar-refractivity contribution in [3.05, 3.63) is 88.4 Å². The molecule has 3 aromatic carbocycles. The number of carbonyl (C=O) groups excluding carboxylic acids is 1. The van der Waals surface area contributed by atoms with Crippen molar-refractivity contribution in [2.75, 3.05) is 12.4 Å². The Kier molecular flexibility index (Phi) is 6.77. The van der Waals surface area contributed by atoms with E-state index < -0.39 is 15.9 Å².